The summed E-state index contributed by atoms with van der Waals surface area (Å²) in [5.74, 6) is 0.843. The van der Waals surface area contributed by atoms with Gasteiger partial charge in [-0.25, -0.2) is 0 Å². The van der Waals surface area contributed by atoms with Crippen molar-refractivity contribution < 1.29 is 9.53 Å². The van der Waals surface area contributed by atoms with Gasteiger partial charge in [0.2, 0.25) is 5.91 Å². The molecule has 2 atom stereocenters. The smallest absolute Gasteiger partial charge is 0.221 e. The first kappa shape index (κ1) is 18.9. The van der Waals surface area contributed by atoms with Crippen LogP contribution in [0.5, 0.6) is 5.75 Å². The van der Waals surface area contributed by atoms with Gasteiger partial charge in [-0.1, -0.05) is 61.5 Å². The number of amides is 1. The van der Waals surface area contributed by atoms with Crippen LogP contribution in [0.15, 0.2) is 66.7 Å². The molecule has 4 nitrogen and oxygen atoms in total. The molecule has 3 N–H and O–H groups in total. The number of nitrogens with one attached hydrogen (secondary N) is 1. The van der Waals surface area contributed by atoms with Crippen LogP contribution in [0.4, 0.5) is 0 Å². The van der Waals surface area contributed by atoms with Crippen molar-refractivity contribution in [1.29, 1.82) is 0 Å². The van der Waals surface area contributed by atoms with E-state index in [0.717, 1.165) is 22.3 Å². The molecule has 2 unspecified atom stereocenters. The Morgan fingerprint density at radius 2 is 1.74 bits per heavy atom. The molecule has 27 heavy (non-hydrogen) atoms. The third kappa shape index (κ3) is 4.47. The van der Waals surface area contributed by atoms with Crippen LogP contribution in [0.1, 0.15) is 36.4 Å². The largest absolute Gasteiger partial charge is 0.496 e. The molecule has 140 valence electrons. The van der Waals surface area contributed by atoms with E-state index in [4.69, 9.17) is 10.5 Å². The van der Waals surface area contributed by atoms with Crippen LogP contribution in [0.25, 0.3) is 10.8 Å². The van der Waals surface area contributed by atoms with Crippen molar-refractivity contribution in [1.82, 2.24) is 5.32 Å². The monoisotopic (exact) mass is 362 g/mol. The lowest BCUT2D eigenvalue weighted by Crippen LogP contribution is -2.33. The van der Waals surface area contributed by atoms with Crippen LogP contribution in [0.2, 0.25) is 0 Å². The van der Waals surface area contributed by atoms with Gasteiger partial charge in [0.15, 0.2) is 0 Å². The molecule has 0 saturated heterocycles. The molecule has 0 aromatic heterocycles. The van der Waals surface area contributed by atoms with Crippen LogP contribution >= 0.6 is 0 Å². The minimum absolute atomic E-state index is 0.0167. The molecule has 0 radical (unpaired) electrons. The lowest BCUT2D eigenvalue weighted by Gasteiger charge is -2.20. The number of para-hydroxylation sites is 1. The second kappa shape index (κ2) is 8.69. The molecule has 0 aliphatic rings. The maximum absolute atomic E-state index is 12.6. The second-order valence-corrected chi connectivity index (χ2v) is 6.81. The molecule has 0 fully saturated rings. The van der Waals surface area contributed by atoms with Crippen molar-refractivity contribution in [3.63, 3.8) is 0 Å². The Morgan fingerprint density at radius 1 is 1.04 bits per heavy atom. The maximum atomic E-state index is 12.6. The molecule has 0 aliphatic heterocycles. The van der Waals surface area contributed by atoms with Crippen molar-refractivity contribution in [3.05, 3.63) is 77.9 Å². The zero-order valence-corrected chi connectivity index (χ0v) is 15.8. The third-order valence-electron chi connectivity index (χ3n) is 4.91. The van der Waals surface area contributed by atoms with Gasteiger partial charge in [-0.3, -0.25) is 4.79 Å². The molecule has 3 rings (SSSR count). The van der Waals surface area contributed by atoms with Gasteiger partial charge in [0.05, 0.1) is 13.2 Å². The third-order valence-corrected chi connectivity index (χ3v) is 4.91. The van der Waals surface area contributed by atoms with Gasteiger partial charge >= 0.3 is 0 Å². The minimum Gasteiger partial charge on any atom is -0.496 e. The first-order chi connectivity index (χ1) is 13.1. The Bertz CT molecular complexity index is 923. The van der Waals surface area contributed by atoms with E-state index in [9.17, 15) is 4.79 Å². The molecular formula is C23H26N2O2. The summed E-state index contributed by atoms with van der Waals surface area (Å²) < 4.78 is 5.41. The van der Waals surface area contributed by atoms with E-state index in [2.05, 4.69) is 29.6 Å². The zero-order valence-electron chi connectivity index (χ0n) is 15.8. The predicted octanol–water partition coefficient (Wildman–Crippen LogP) is 4.16. The number of methoxy groups -OCH3 is 1. The van der Waals surface area contributed by atoms with Crippen LogP contribution in [-0.4, -0.2) is 19.6 Å². The first-order valence-electron chi connectivity index (χ1n) is 9.23. The number of nitrogens with two attached hydrogens (primary N) is 1. The summed E-state index contributed by atoms with van der Waals surface area (Å²) in [6.45, 7) is 2.39. The molecule has 0 heterocycles. The van der Waals surface area contributed by atoms with Crippen molar-refractivity contribution in [3.8, 4) is 5.75 Å². The highest BCUT2D eigenvalue weighted by Gasteiger charge is 2.18. The highest BCUT2D eigenvalue weighted by molar-refractivity contribution is 5.83. The maximum Gasteiger partial charge on any atom is 0.221 e. The number of benzene rings is 3. The number of carbonyl (C=O) groups excluding carboxylic acids is 1. The van der Waals surface area contributed by atoms with Gasteiger partial charge in [-0.05, 0) is 39.9 Å². The average molecular weight is 362 g/mol. The average Bonchev–Trinajstić information content (AvgIpc) is 2.71. The SMILES string of the molecule is COc1ccccc1C(C)CC(=O)NC(CN)c1ccc2ccccc2c1. The topological polar surface area (TPSA) is 64.3 Å². The number of hydrogen-bond acceptors (Lipinski definition) is 3. The molecular weight excluding hydrogens is 336 g/mol. The Hall–Kier alpha value is -2.85. The summed E-state index contributed by atoms with van der Waals surface area (Å²) >= 11 is 0. The van der Waals surface area contributed by atoms with Crippen LogP contribution in [0, 0.1) is 0 Å². The molecule has 0 bridgehead atoms. The van der Waals surface area contributed by atoms with Crippen molar-refractivity contribution in [2.75, 3.05) is 13.7 Å². The van der Waals surface area contributed by atoms with Crippen LogP contribution < -0.4 is 15.8 Å². The van der Waals surface area contributed by atoms with Gasteiger partial charge < -0.3 is 15.8 Å². The van der Waals surface area contributed by atoms with Gasteiger partial charge in [0, 0.05) is 13.0 Å². The fraction of sp³-hybridized carbons (Fsp3) is 0.261. The van der Waals surface area contributed by atoms with E-state index >= 15 is 0 Å². The second-order valence-electron chi connectivity index (χ2n) is 6.81. The fourth-order valence-corrected chi connectivity index (χ4v) is 3.42. The summed E-state index contributed by atoms with van der Waals surface area (Å²) in [4.78, 5) is 12.6. The number of rotatable bonds is 7. The molecule has 1 amide bonds. The van der Waals surface area contributed by atoms with Crippen molar-refractivity contribution in [2.45, 2.75) is 25.3 Å². The van der Waals surface area contributed by atoms with Gasteiger partial charge in [-0.15, -0.1) is 0 Å². The van der Waals surface area contributed by atoms with Crippen LogP contribution in [0.3, 0.4) is 0 Å². The Labute approximate surface area is 160 Å². The normalized spacial score (nSPS) is 13.1. The fourth-order valence-electron chi connectivity index (χ4n) is 3.42. The van der Waals surface area contributed by atoms with E-state index in [1.54, 1.807) is 7.11 Å². The van der Waals surface area contributed by atoms with Crippen LogP contribution in [-0.2, 0) is 4.79 Å². The van der Waals surface area contributed by atoms with E-state index < -0.39 is 0 Å². The van der Waals surface area contributed by atoms with E-state index in [0.29, 0.717) is 13.0 Å². The summed E-state index contributed by atoms with van der Waals surface area (Å²) in [5, 5.41) is 5.40. The number of ether oxygens (including phenoxy) is 1. The van der Waals surface area contributed by atoms with Crippen molar-refractivity contribution in [2.24, 2.45) is 5.73 Å². The highest BCUT2D eigenvalue weighted by Crippen LogP contribution is 2.28. The van der Waals surface area contributed by atoms with E-state index in [1.807, 2.05) is 49.4 Å². The molecule has 4 heteroatoms. The Balaban J connectivity index is 1.70. The predicted molar refractivity (Wildman–Crippen MR) is 110 cm³/mol. The highest BCUT2D eigenvalue weighted by atomic mass is 16.5. The Morgan fingerprint density at radius 3 is 2.48 bits per heavy atom. The number of carbonyl (C=O) groups is 1. The summed E-state index contributed by atoms with van der Waals surface area (Å²) in [6, 6.07) is 22.0. The zero-order chi connectivity index (χ0) is 19.2. The minimum atomic E-state index is -0.202. The van der Waals surface area contributed by atoms with E-state index in [1.165, 1.54) is 5.39 Å². The first-order valence-corrected chi connectivity index (χ1v) is 9.23. The standard InChI is InChI=1S/C23H26N2O2/c1-16(20-9-5-6-10-22(20)27-2)13-23(26)25-21(15-24)19-12-11-17-7-3-4-8-18(17)14-19/h3-12,14,16,21H,13,15,24H2,1-2H3,(H,25,26). The lowest BCUT2D eigenvalue weighted by molar-refractivity contribution is -0.122. The van der Waals surface area contributed by atoms with Crippen molar-refractivity contribution >= 4 is 16.7 Å². The van der Waals surface area contributed by atoms with Gasteiger partial charge in [0.1, 0.15) is 5.75 Å². The quantitative estimate of drug-likeness (QED) is 0.663. The lowest BCUT2D eigenvalue weighted by atomic mass is 9.96. The number of hydrogen-bond donors (Lipinski definition) is 2. The number of fused-ring (bicyclic) bond motifs is 1. The Kier molecular flexibility index (Phi) is 6.09. The molecule has 0 aliphatic carbocycles. The summed E-state index contributed by atoms with van der Waals surface area (Å²) in [6.07, 6.45) is 0.379. The molecule has 0 saturated carbocycles. The molecule has 3 aromatic rings. The summed E-state index contributed by atoms with van der Waals surface area (Å²) in [7, 11) is 1.65. The van der Waals surface area contributed by atoms with Gasteiger partial charge in [-0.2, -0.15) is 0 Å². The molecule has 0 spiro atoms. The van der Waals surface area contributed by atoms with E-state index in [-0.39, 0.29) is 17.9 Å². The molecule has 3 aromatic carbocycles. The summed E-state index contributed by atoms with van der Waals surface area (Å²) in [5.41, 5.74) is 8.01. The van der Waals surface area contributed by atoms with Gasteiger partial charge in [0.25, 0.3) is 0 Å².